The second-order valence-corrected chi connectivity index (χ2v) is 27.5. The van der Waals surface area contributed by atoms with E-state index in [4.69, 9.17) is 16.3 Å². The Bertz CT molecular complexity index is 3890. The lowest BCUT2D eigenvalue weighted by atomic mass is 9.72. The summed E-state index contributed by atoms with van der Waals surface area (Å²) in [5, 5.41) is 19.6. The highest BCUT2D eigenvalue weighted by atomic mass is 35.5. The number of unbranched alkanes of at least 4 members (excludes halogenated alkanes) is 7. The molecule has 11 rings (SSSR count). The largest absolute Gasteiger partial charge is 0.455 e. The van der Waals surface area contributed by atoms with Gasteiger partial charge >= 0.3 is 0 Å². The van der Waals surface area contributed by atoms with Gasteiger partial charge in [0.25, 0.3) is 27.5 Å². The second-order valence-electron chi connectivity index (χ2n) is 25.4. The van der Waals surface area contributed by atoms with Crippen LogP contribution in [0.15, 0.2) is 114 Å². The molecule has 2 atom stereocenters. The fourth-order valence-corrected chi connectivity index (χ4v) is 14.4. The highest BCUT2D eigenvalue weighted by Crippen LogP contribution is 2.44. The zero-order chi connectivity index (χ0) is 62.9. The summed E-state index contributed by atoms with van der Waals surface area (Å²) in [6, 6.07) is 25.5. The van der Waals surface area contributed by atoms with E-state index < -0.39 is 43.4 Å². The lowest BCUT2D eigenvalue weighted by molar-refractivity contribution is -0.384. The van der Waals surface area contributed by atoms with Gasteiger partial charge in [-0.15, -0.1) is 0 Å². The fourth-order valence-electron chi connectivity index (χ4n) is 13.3. The van der Waals surface area contributed by atoms with Gasteiger partial charge in [0.2, 0.25) is 11.8 Å². The van der Waals surface area contributed by atoms with Crippen molar-refractivity contribution in [1.29, 1.82) is 0 Å². The van der Waals surface area contributed by atoms with Gasteiger partial charge in [-0.1, -0.05) is 99.2 Å². The number of carbonyl (C=O) groups excluding carboxylic acids is 4. The number of nitrogens with one attached hydrogen (secondary N) is 4. The first-order valence-electron chi connectivity index (χ1n) is 31.7. The van der Waals surface area contributed by atoms with Crippen LogP contribution < -0.4 is 25.0 Å². The number of anilines is 2. The fraction of sp³-hybridized carbons (Fsp3) is 0.435. The van der Waals surface area contributed by atoms with E-state index in [0.29, 0.717) is 55.1 Å². The summed E-state index contributed by atoms with van der Waals surface area (Å²) in [6.07, 6.45) is 17.3. The number of ether oxygens (including phenoxy) is 1. The molecule has 4 aromatic carbocycles. The Morgan fingerprint density at radius 1 is 0.889 bits per heavy atom. The number of aromatic amines is 1. The molecule has 3 fully saturated rings. The van der Waals surface area contributed by atoms with Crippen molar-refractivity contribution >= 4 is 78.9 Å². The molecule has 2 aromatic heterocycles. The summed E-state index contributed by atoms with van der Waals surface area (Å²) in [5.41, 5.74) is 7.58. The third kappa shape index (κ3) is 15.5. The Balaban J connectivity index is 0.642. The molecule has 0 radical (unpaired) electrons. The maximum absolute atomic E-state index is 14.2. The molecule has 6 heterocycles. The molecule has 19 nitrogen and oxygen atoms in total. The monoisotopic (exact) mass is 1260 g/mol. The van der Waals surface area contributed by atoms with E-state index in [0.717, 1.165) is 150 Å². The first-order valence-corrected chi connectivity index (χ1v) is 33.6. The quantitative estimate of drug-likeness (QED) is 0.0154. The van der Waals surface area contributed by atoms with Crippen LogP contribution in [-0.4, -0.2) is 127 Å². The van der Waals surface area contributed by atoms with Gasteiger partial charge in [-0.05, 0) is 147 Å². The molecule has 21 heteroatoms. The van der Waals surface area contributed by atoms with Crippen LogP contribution in [0.3, 0.4) is 0 Å². The molecule has 4 N–H and O–H groups in total. The zero-order valence-corrected chi connectivity index (χ0v) is 52.9. The van der Waals surface area contributed by atoms with Crippen molar-refractivity contribution in [1.82, 2.24) is 34.7 Å². The average molecular weight is 1260 g/mol. The Kier molecular flexibility index (Phi) is 20.0. The molecule has 2 unspecified atom stereocenters. The number of hydrogen-bond donors (Lipinski definition) is 4. The van der Waals surface area contributed by atoms with Crippen molar-refractivity contribution in [2.24, 2.45) is 11.3 Å². The summed E-state index contributed by atoms with van der Waals surface area (Å²) >= 11 is 6.28. The number of pyridine rings is 1. The second kappa shape index (κ2) is 28.4. The normalized spacial score (nSPS) is 18.9. The number of carbonyl (C=O) groups is 4. The number of imide groups is 1. The molecule has 0 spiro atoms. The molecule has 5 aliphatic rings. The number of nitro benzene ring substituents is 1. The van der Waals surface area contributed by atoms with E-state index in [1.165, 1.54) is 35.0 Å². The van der Waals surface area contributed by atoms with Crippen molar-refractivity contribution in [3.05, 3.63) is 152 Å². The van der Waals surface area contributed by atoms with Crippen molar-refractivity contribution in [2.75, 3.05) is 69.1 Å². The van der Waals surface area contributed by atoms with E-state index in [1.54, 1.807) is 35.4 Å². The van der Waals surface area contributed by atoms with Crippen LogP contribution in [0.5, 0.6) is 11.5 Å². The molecule has 472 valence electrons. The third-order valence-corrected chi connectivity index (χ3v) is 19.9. The van der Waals surface area contributed by atoms with Gasteiger partial charge in [0, 0.05) is 105 Å². The summed E-state index contributed by atoms with van der Waals surface area (Å²) in [4.78, 5) is 79.5. The number of hydrogen-bond acceptors (Lipinski definition) is 14. The van der Waals surface area contributed by atoms with Gasteiger partial charge in [-0.3, -0.25) is 39.5 Å². The number of likely N-dealkylation sites (tertiary alicyclic amines) is 1. The van der Waals surface area contributed by atoms with E-state index in [1.807, 2.05) is 36.4 Å². The summed E-state index contributed by atoms with van der Waals surface area (Å²) < 4.78 is 36.6. The van der Waals surface area contributed by atoms with E-state index in [-0.39, 0.29) is 46.6 Å². The number of H-pyrrole nitrogens is 1. The van der Waals surface area contributed by atoms with Crippen LogP contribution in [0, 0.1) is 33.3 Å². The van der Waals surface area contributed by atoms with Crippen LogP contribution >= 0.6 is 11.6 Å². The molecule has 0 bridgehead atoms. The number of nitrogens with zero attached hydrogens (tertiary/aromatic N) is 6. The van der Waals surface area contributed by atoms with E-state index in [9.17, 15) is 37.7 Å². The highest BCUT2D eigenvalue weighted by molar-refractivity contribution is 7.90. The van der Waals surface area contributed by atoms with Crippen LogP contribution in [0.1, 0.15) is 148 Å². The number of allylic oxidation sites excluding steroid dienone is 1. The predicted octanol–water partition coefficient (Wildman–Crippen LogP) is 11.9. The topological polar surface area (TPSA) is 233 Å². The van der Waals surface area contributed by atoms with Crippen molar-refractivity contribution < 1.29 is 37.3 Å². The SMILES string of the molecule is CC1(C)CCC(CN2CCN(c3ccc(C(=O)NS(=O)(=O)c4ccc(NCC5CCCN(CCCCCCCCCC#Cc6cccc7c6C(=O)N(C6CCC(=O)NC6=O)C7)C5)c([N+](=O)[O-])c4)c(Oc4cnc5[nH]ccc5c4)c3)CC2)=C(c2ccc(Cl)cc2)C1. The van der Waals surface area contributed by atoms with E-state index >= 15 is 0 Å². The molecule has 1 aliphatic carbocycles. The van der Waals surface area contributed by atoms with Crippen LogP contribution in [0.4, 0.5) is 17.1 Å². The maximum atomic E-state index is 14.2. The molecule has 0 saturated carbocycles. The van der Waals surface area contributed by atoms with Gasteiger partial charge in [-0.2, -0.15) is 0 Å². The molecular weight excluding hydrogens is 1180 g/mol. The maximum Gasteiger partial charge on any atom is 0.293 e. The van der Waals surface area contributed by atoms with Crippen molar-refractivity contribution in [3.63, 3.8) is 0 Å². The van der Waals surface area contributed by atoms with Crippen LogP contribution in [-0.2, 0) is 26.2 Å². The number of fused-ring (bicyclic) bond motifs is 2. The first kappa shape index (κ1) is 63.5. The van der Waals surface area contributed by atoms with Crippen molar-refractivity contribution in [3.8, 4) is 23.3 Å². The Morgan fingerprint density at radius 2 is 1.68 bits per heavy atom. The minimum absolute atomic E-state index is 0.0457. The Morgan fingerprint density at radius 3 is 2.47 bits per heavy atom. The summed E-state index contributed by atoms with van der Waals surface area (Å²) in [7, 11) is -4.62. The van der Waals surface area contributed by atoms with Gasteiger partial charge in [0.1, 0.15) is 28.9 Å². The molecule has 6 aromatic rings. The Labute approximate surface area is 531 Å². The van der Waals surface area contributed by atoms with Crippen molar-refractivity contribution in [2.45, 2.75) is 128 Å². The molecule has 4 aliphatic heterocycles. The summed E-state index contributed by atoms with van der Waals surface area (Å²) in [6.45, 7) is 12.2. The van der Waals surface area contributed by atoms with E-state index in [2.05, 4.69) is 77.8 Å². The average Bonchev–Trinajstić information content (AvgIpc) is 1.62. The predicted molar refractivity (Wildman–Crippen MR) is 349 cm³/mol. The number of sulfonamides is 1. The van der Waals surface area contributed by atoms with Crippen LogP contribution in [0.2, 0.25) is 5.02 Å². The number of nitro groups is 1. The standard InChI is InChI=1S/C69H79ClN10O9S/c1-69(2)30-28-51(58(41-69)48-18-20-53(70)21-19-48)45-77-34-36-78(37-35-77)54-22-24-57(62(39-54)89-55-38-50-29-31-71-65(50)73-43-55)66(82)75-90(87,88)56-23-25-59(61(40-56)80(85)86)72-42-47-14-13-33-76(44-47)32-11-9-7-5-3-4-6-8-10-15-49-16-12-17-52-46-79(68(84)64(49)52)60-26-27-63(81)74-67(60)83/h12,16-25,29,31,38-40,43,47,60,72H,3-9,11,13-14,26-28,30,32-37,41-42,44-46H2,1-2H3,(H,71,73)(H,75,82)(H,74,81,83). The smallest absolute Gasteiger partial charge is 0.293 e. The first-order chi connectivity index (χ1) is 43.4. The lowest BCUT2D eigenvalue weighted by Gasteiger charge is -2.39. The molecule has 90 heavy (non-hydrogen) atoms. The highest BCUT2D eigenvalue weighted by Gasteiger charge is 2.40. The number of halogens is 1. The molecule has 3 saturated heterocycles. The number of piperidine rings is 2. The van der Waals surface area contributed by atoms with Gasteiger partial charge in [-0.25, -0.2) is 18.1 Å². The number of piperazine rings is 1. The summed E-state index contributed by atoms with van der Waals surface area (Å²) in [5.74, 6) is 5.26. The number of rotatable bonds is 23. The number of amides is 4. The number of aromatic nitrogens is 2. The minimum atomic E-state index is -4.62. The van der Waals surface area contributed by atoms with Crippen LogP contribution in [0.25, 0.3) is 16.6 Å². The number of benzene rings is 4. The molecule has 4 amide bonds. The van der Waals surface area contributed by atoms with Gasteiger partial charge in [0.05, 0.1) is 27.1 Å². The Hall–Kier alpha value is -8.09. The lowest BCUT2D eigenvalue weighted by Crippen LogP contribution is -2.52. The third-order valence-electron chi connectivity index (χ3n) is 18.3. The zero-order valence-electron chi connectivity index (χ0n) is 51.3. The van der Waals surface area contributed by atoms with Gasteiger partial charge in [0.15, 0.2) is 0 Å². The molecular formula is C69H79ClN10O9S. The minimum Gasteiger partial charge on any atom is -0.455 e. The van der Waals surface area contributed by atoms with Gasteiger partial charge < -0.3 is 29.7 Å².